The lowest BCUT2D eigenvalue weighted by molar-refractivity contribution is -0.128. The summed E-state index contributed by atoms with van der Waals surface area (Å²) in [4.78, 5) is 14.5. The second-order valence-corrected chi connectivity index (χ2v) is 6.33. The van der Waals surface area contributed by atoms with E-state index >= 15 is 0 Å². The first-order chi connectivity index (χ1) is 8.78. The second kappa shape index (κ2) is 5.02. The van der Waals surface area contributed by atoms with Crippen LogP contribution in [0.25, 0.3) is 0 Å². The molecule has 4 heteroatoms. The quantitative estimate of drug-likeness (QED) is 0.888. The number of nitrogens with one attached hydrogen (secondary N) is 1. The molecule has 98 valence electrons. The van der Waals surface area contributed by atoms with Crippen LogP contribution in [0.1, 0.15) is 31.2 Å². The molecular weight excluding hydrogens is 244 g/mol. The van der Waals surface area contributed by atoms with Crippen molar-refractivity contribution in [3.8, 4) is 0 Å². The van der Waals surface area contributed by atoms with Crippen LogP contribution in [0.4, 0.5) is 0 Å². The van der Waals surface area contributed by atoms with Crippen molar-refractivity contribution in [1.82, 2.24) is 10.2 Å². The zero-order chi connectivity index (χ0) is 12.4. The minimum atomic E-state index is -0.0383. The largest absolute Gasteiger partial charge is 0.356 e. The maximum atomic E-state index is 12.0. The normalized spacial score (nSPS) is 29.4. The highest BCUT2D eigenvalue weighted by Crippen LogP contribution is 2.38. The van der Waals surface area contributed by atoms with Gasteiger partial charge in [-0.15, -0.1) is 0 Å². The first kappa shape index (κ1) is 12.2. The van der Waals surface area contributed by atoms with Gasteiger partial charge in [0.1, 0.15) is 0 Å². The van der Waals surface area contributed by atoms with Crippen LogP contribution in [0.3, 0.4) is 0 Å². The summed E-state index contributed by atoms with van der Waals surface area (Å²) in [5.41, 5.74) is 1.37. The molecule has 0 aromatic carbocycles. The second-order valence-electron chi connectivity index (χ2n) is 5.55. The number of hydrogen-bond acceptors (Lipinski definition) is 3. The number of hydrogen-bond donors (Lipinski definition) is 1. The van der Waals surface area contributed by atoms with Crippen LogP contribution < -0.4 is 5.32 Å². The number of carbonyl (C=O) groups is 1. The minimum absolute atomic E-state index is 0.0383. The molecule has 0 aliphatic carbocycles. The average Bonchev–Trinajstić information content (AvgIpc) is 2.92. The van der Waals surface area contributed by atoms with Gasteiger partial charge < -0.3 is 5.32 Å². The Morgan fingerprint density at radius 3 is 3.00 bits per heavy atom. The first-order valence-corrected chi connectivity index (χ1v) is 7.75. The number of carbonyl (C=O) groups excluding carboxylic acids is 1. The van der Waals surface area contributed by atoms with Gasteiger partial charge in [0, 0.05) is 13.1 Å². The van der Waals surface area contributed by atoms with Crippen molar-refractivity contribution in [2.45, 2.75) is 32.2 Å². The predicted molar refractivity (Wildman–Crippen MR) is 73.5 cm³/mol. The van der Waals surface area contributed by atoms with Crippen LogP contribution in [0, 0.1) is 5.41 Å². The highest BCUT2D eigenvalue weighted by atomic mass is 32.1. The summed E-state index contributed by atoms with van der Waals surface area (Å²) in [6, 6.07) is 2.20. The maximum absolute atomic E-state index is 12.0. The number of rotatable bonds is 2. The van der Waals surface area contributed by atoms with Crippen molar-refractivity contribution in [3.63, 3.8) is 0 Å². The van der Waals surface area contributed by atoms with Gasteiger partial charge in [0.25, 0.3) is 0 Å². The number of likely N-dealkylation sites (tertiary alicyclic amines) is 1. The molecule has 2 aliphatic rings. The number of nitrogens with zero attached hydrogens (tertiary/aromatic N) is 1. The van der Waals surface area contributed by atoms with E-state index in [1.807, 2.05) is 0 Å². The molecule has 1 amide bonds. The maximum Gasteiger partial charge on any atom is 0.226 e. The number of amides is 1. The minimum Gasteiger partial charge on any atom is -0.356 e. The fraction of sp³-hybridized carbons (Fsp3) is 0.643. The van der Waals surface area contributed by atoms with Crippen molar-refractivity contribution in [1.29, 1.82) is 0 Å². The molecule has 2 fully saturated rings. The fourth-order valence-corrected chi connectivity index (χ4v) is 3.90. The third-order valence-electron chi connectivity index (χ3n) is 4.39. The number of thiophene rings is 1. The molecular formula is C14H20N2OS. The first-order valence-electron chi connectivity index (χ1n) is 6.80. The topological polar surface area (TPSA) is 32.3 Å². The smallest absolute Gasteiger partial charge is 0.226 e. The lowest BCUT2D eigenvalue weighted by atomic mass is 9.79. The van der Waals surface area contributed by atoms with Crippen LogP contribution in [0.5, 0.6) is 0 Å². The zero-order valence-electron chi connectivity index (χ0n) is 10.7. The Bertz CT molecular complexity index is 417. The Balaban J connectivity index is 1.63. The van der Waals surface area contributed by atoms with E-state index in [0.29, 0.717) is 5.91 Å². The van der Waals surface area contributed by atoms with E-state index in [4.69, 9.17) is 0 Å². The van der Waals surface area contributed by atoms with Gasteiger partial charge in [-0.05, 0) is 61.2 Å². The van der Waals surface area contributed by atoms with Gasteiger partial charge in [0.05, 0.1) is 5.41 Å². The van der Waals surface area contributed by atoms with E-state index in [-0.39, 0.29) is 5.41 Å². The van der Waals surface area contributed by atoms with Gasteiger partial charge in [-0.1, -0.05) is 0 Å². The van der Waals surface area contributed by atoms with E-state index in [9.17, 15) is 4.79 Å². The van der Waals surface area contributed by atoms with Gasteiger partial charge in [-0.2, -0.15) is 11.3 Å². The molecule has 3 heterocycles. The molecule has 1 atom stereocenters. The molecule has 1 spiro atoms. The molecule has 3 rings (SSSR count). The Morgan fingerprint density at radius 2 is 2.28 bits per heavy atom. The van der Waals surface area contributed by atoms with Crippen molar-refractivity contribution in [3.05, 3.63) is 22.4 Å². The predicted octanol–water partition coefficient (Wildman–Crippen LogP) is 2.24. The van der Waals surface area contributed by atoms with Gasteiger partial charge in [0.2, 0.25) is 5.91 Å². The lowest BCUT2D eigenvalue weighted by Gasteiger charge is -2.24. The van der Waals surface area contributed by atoms with Crippen molar-refractivity contribution in [2.75, 3.05) is 19.6 Å². The third-order valence-corrected chi connectivity index (χ3v) is 5.13. The summed E-state index contributed by atoms with van der Waals surface area (Å²) in [6.07, 6.45) is 4.29. The Labute approximate surface area is 112 Å². The molecule has 1 aromatic heterocycles. The fourth-order valence-electron chi connectivity index (χ4n) is 3.24. The van der Waals surface area contributed by atoms with Gasteiger partial charge >= 0.3 is 0 Å². The summed E-state index contributed by atoms with van der Waals surface area (Å²) in [7, 11) is 0. The summed E-state index contributed by atoms with van der Waals surface area (Å²) < 4.78 is 0. The molecule has 1 N–H and O–H groups in total. The molecule has 0 saturated carbocycles. The van der Waals surface area contributed by atoms with Crippen LogP contribution in [0.2, 0.25) is 0 Å². The summed E-state index contributed by atoms with van der Waals surface area (Å²) in [5.74, 6) is 0.305. The van der Waals surface area contributed by atoms with Crippen LogP contribution in [-0.2, 0) is 11.3 Å². The zero-order valence-corrected chi connectivity index (χ0v) is 11.5. The Morgan fingerprint density at radius 1 is 1.33 bits per heavy atom. The van der Waals surface area contributed by atoms with E-state index in [1.165, 1.54) is 5.56 Å². The van der Waals surface area contributed by atoms with E-state index in [0.717, 1.165) is 51.9 Å². The van der Waals surface area contributed by atoms with E-state index in [1.54, 1.807) is 11.3 Å². The molecule has 0 radical (unpaired) electrons. The molecule has 2 aliphatic heterocycles. The highest BCUT2D eigenvalue weighted by Gasteiger charge is 2.42. The summed E-state index contributed by atoms with van der Waals surface area (Å²) in [5, 5.41) is 7.38. The van der Waals surface area contributed by atoms with Gasteiger partial charge in [-0.25, -0.2) is 0 Å². The van der Waals surface area contributed by atoms with Crippen LogP contribution in [-0.4, -0.2) is 30.4 Å². The average molecular weight is 264 g/mol. The lowest BCUT2D eigenvalue weighted by Crippen LogP contribution is -2.32. The third kappa shape index (κ3) is 2.31. The SMILES string of the molecule is O=C1NCC[C@@]12CCCN(Cc1ccsc1)CC2. The van der Waals surface area contributed by atoms with Crippen LogP contribution >= 0.6 is 11.3 Å². The van der Waals surface area contributed by atoms with Gasteiger partial charge in [0.15, 0.2) is 0 Å². The Hall–Kier alpha value is -0.870. The summed E-state index contributed by atoms with van der Waals surface area (Å²) in [6.45, 7) is 4.11. The van der Waals surface area contributed by atoms with Crippen molar-refractivity contribution in [2.24, 2.45) is 5.41 Å². The Kier molecular flexibility index (Phi) is 3.39. The monoisotopic (exact) mass is 264 g/mol. The van der Waals surface area contributed by atoms with Gasteiger partial charge in [-0.3, -0.25) is 9.69 Å². The molecule has 2 saturated heterocycles. The molecule has 1 aromatic rings. The van der Waals surface area contributed by atoms with E-state index < -0.39 is 0 Å². The molecule has 0 bridgehead atoms. The van der Waals surface area contributed by atoms with Crippen LogP contribution in [0.15, 0.2) is 16.8 Å². The standard InChI is InChI=1S/C14H20N2OS/c17-13-14(4-6-15-13)3-1-7-16(8-5-14)10-12-2-9-18-11-12/h2,9,11H,1,3-8,10H2,(H,15,17)/t14-/m1/s1. The molecule has 0 unspecified atom stereocenters. The molecule has 18 heavy (non-hydrogen) atoms. The van der Waals surface area contributed by atoms with E-state index in [2.05, 4.69) is 27.0 Å². The van der Waals surface area contributed by atoms with Crippen molar-refractivity contribution < 1.29 is 4.79 Å². The summed E-state index contributed by atoms with van der Waals surface area (Å²) >= 11 is 1.76. The molecule has 3 nitrogen and oxygen atoms in total. The highest BCUT2D eigenvalue weighted by molar-refractivity contribution is 7.07. The van der Waals surface area contributed by atoms with Crippen molar-refractivity contribution >= 4 is 17.2 Å².